The summed E-state index contributed by atoms with van der Waals surface area (Å²) in [6.45, 7) is 0.818. The standard InChI is InChI=1S/C17H19NO/c18-16-7-4-12-19-17(16)15-10-8-14(9-11-15)13-5-2-1-3-6-13/h1-3,5-6,8-11,16-17H,4,7,12,18H2. The summed E-state index contributed by atoms with van der Waals surface area (Å²) in [7, 11) is 0. The molecule has 0 bridgehead atoms. The molecule has 2 atom stereocenters. The Balaban J connectivity index is 1.83. The molecule has 2 aromatic carbocycles. The summed E-state index contributed by atoms with van der Waals surface area (Å²) in [5, 5.41) is 0. The second kappa shape index (κ2) is 5.55. The highest BCUT2D eigenvalue weighted by atomic mass is 16.5. The SMILES string of the molecule is NC1CCCOC1c1ccc(-c2ccccc2)cc1. The van der Waals surface area contributed by atoms with Gasteiger partial charge in [0.15, 0.2) is 0 Å². The number of nitrogens with two attached hydrogens (primary N) is 1. The average molecular weight is 253 g/mol. The highest BCUT2D eigenvalue weighted by Gasteiger charge is 2.23. The van der Waals surface area contributed by atoms with Crippen LogP contribution in [0.25, 0.3) is 11.1 Å². The third-order valence-electron chi connectivity index (χ3n) is 3.71. The molecule has 0 spiro atoms. The van der Waals surface area contributed by atoms with Crippen LogP contribution in [0.2, 0.25) is 0 Å². The zero-order chi connectivity index (χ0) is 13.1. The maximum atomic E-state index is 6.14. The van der Waals surface area contributed by atoms with Gasteiger partial charge in [0.25, 0.3) is 0 Å². The van der Waals surface area contributed by atoms with Gasteiger partial charge >= 0.3 is 0 Å². The smallest absolute Gasteiger partial charge is 0.0975 e. The molecular formula is C17H19NO. The van der Waals surface area contributed by atoms with Gasteiger partial charge in [0.2, 0.25) is 0 Å². The van der Waals surface area contributed by atoms with Crippen molar-refractivity contribution < 1.29 is 4.74 Å². The maximum Gasteiger partial charge on any atom is 0.0975 e. The molecule has 2 aromatic rings. The molecule has 2 unspecified atom stereocenters. The Bertz CT molecular complexity index is 521. The van der Waals surface area contributed by atoms with Gasteiger partial charge in [-0.25, -0.2) is 0 Å². The summed E-state index contributed by atoms with van der Waals surface area (Å²) in [5.41, 5.74) is 9.79. The van der Waals surface area contributed by atoms with Crippen molar-refractivity contribution >= 4 is 0 Å². The number of rotatable bonds is 2. The lowest BCUT2D eigenvalue weighted by Crippen LogP contribution is -2.34. The third-order valence-corrected chi connectivity index (χ3v) is 3.71. The molecule has 98 valence electrons. The first kappa shape index (κ1) is 12.4. The zero-order valence-corrected chi connectivity index (χ0v) is 11.0. The van der Waals surface area contributed by atoms with Crippen molar-refractivity contribution in [1.82, 2.24) is 0 Å². The first-order chi connectivity index (χ1) is 9.34. The predicted octanol–water partition coefficient (Wildman–Crippen LogP) is 3.53. The lowest BCUT2D eigenvalue weighted by Gasteiger charge is -2.29. The van der Waals surface area contributed by atoms with Gasteiger partial charge < -0.3 is 10.5 Å². The Morgan fingerprint density at radius 2 is 1.58 bits per heavy atom. The Hall–Kier alpha value is -1.64. The summed E-state index contributed by atoms with van der Waals surface area (Å²) < 4.78 is 5.80. The fraction of sp³-hybridized carbons (Fsp3) is 0.294. The van der Waals surface area contributed by atoms with Crippen LogP contribution in [0.1, 0.15) is 24.5 Å². The van der Waals surface area contributed by atoms with Crippen LogP contribution in [0, 0.1) is 0 Å². The van der Waals surface area contributed by atoms with E-state index < -0.39 is 0 Å². The van der Waals surface area contributed by atoms with Crippen LogP contribution in [-0.2, 0) is 4.74 Å². The van der Waals surface area contributed by atoms with Crippen molar-refractivity contribution in [3.8, 4) is 11.1 Å². The first-order valence-electron chi connectivity index (χ1n) is 6.87. The predicted molar refractivity (Wildman–Crippen MR) is 77.8 cm³/mol. The van der Waals surface area contributed by atoms with Crippen LogP contribution in [0.3, 0.4) is 0 Å². The van der Waals surface area contributed by atoms with E-state index in [0.717, 1.165) is 19.4 Å². The highest BCUT2D eigenvalue weighted by Crippen LogP contribution is 2.29. The molecular weight excluding hydrogens is 234 g/mol. The van der Waals surface area contributed by atoms with Crippen molar-refractivity contribution in [2.24, 2.45) is 5.73 Å². The minimum Gasteiger partial charge on any atom is -0.372 e. The normalized spacial score (nSPS) is 23.2. The monoisotopic (exact) mass is 253 g/mol. The van der Waals surface area contributed by atoms with Crippen molar-refractivity contribution in [2.45, 2.75) is 25.0 Å². The van der Waals surface area contributed by atoms with Gasteiger partial charge in [-0.15, -0.1) is 0 Å². The third kappa shape index (κ3) is 2.70. The molecule has 0 radical (unpaired) electrons. The second-order valence-electron chi connectivity index (χ2n) is 5.09. The van der Waals surface area contributed by atoms with Gasteiger partial charge in [-0.1, -0.05) is 54.6 Å². The van der Waals surface area contributed by atoms with E-state index in [1.807, 2.05) is 6.07 Å². The lowest BCUT2D eigenvalue weighted by atomic mass is 9.95. The van der Waals surface area contributed by atoms with Gasteiger partial charge in [-0.3, -0.25) is 0 Å². The molecule has 1 aliphatic rings. The van der Waals surface area contributed by atoms with Gasteiger partial charge in [0.05, 0.1) is 6.10 Å². The van der Waals surface area contributed by atoms with Crippen LogP contribution < -0.4 is 5.73 Å². The molecule has 2 heteroatoms. The zero-order valence-electron chi connectivity index (χ0n) is 11.0. The van der Waals surface area contributed by atoms with E-state index in [1.165, 1.54) is 16.7 Å². The number of benzene rings is 2. The Morgan fingerprint density at radius 1 is 0.895 bits per heavy atom. The molecule has 19 heavy (non-hydrogen) atoms. The molecule has 2 nitrogen and oxygen atoms in total. The molecule has 0 amide bonds. The average Bonchev–Trinajstić information content (AvgIpc) is 2.49. The summed E-state index contributed by atoms with van der Waals surface area (Å²) in [4.78, 5) is 0. The minimum atomic E-state index is 0.0542. The minimum absolute atomic E-state index is 0.0542. The summed E-state index contributed by atoms with van der Waals surface area (Å²) in [6.07, 6.45) is 2.17. The molecule has 0 aromatic heterocycles. The van der Waals surface area contributed by atoms with E-state index in [9.17, 15) is 0 Å². The van der Waals surface area contributed by atoms with Crippen molar-refractivity contribution in [1.29, 1.82) is 0 Å². The van der Waals surface area contributed by atoms with E-state index in [4.69, 9.17) is 10.5 Å². The van der Waals surface area contributed by atoms with Gasteiger partial charge in [0, 0.05) is 12.6 Å². The molecule has 2 N–H and O–H groups in total. The molecule has 0 aliphatic carbocycles. The van der Waals surface area contributed by atoms with Gasteiger partial charge in [-0.2, -0.15) is 0 Å². The van der Waals surface area contributed by atoms with Crippen LogP contribution in [0.5, 0.6) is 0 Å². The van der Waals surface area contributed by atoms with Crippen LogP contribution in [0.4, 0.5) is 0 Å². The molecule has 1 heterocycles. The number of ether oxygens (including phenoxy) is 1. The van der Waals surface area contributed by atoms with Crippen molar-refractivity contribution in [3.63, 3.8) is 0 Å². The first-order valence-corrected chi connectivity index (χ1v) is 6.87. The van der Waals surface area contributed by atoms with E-state index in [2.05, 4.69) is 48.5 Å². The van der Waals surface area contributed by atoms with E-state index in [1.54, 1.807) is 0 Å². The summed E-state index contributed by atoms with van der Waals surface area (Å²) in [5.74, 6) is 0. The van der Waals surface area contributed by atoms with Crippen LogP contribution in [-0.4, -0.2) is 12.6 Å². The molecule has 1 fully saturated rings. The lowest BCUT2D eigenvalue weighted by molar-refractivity contribution is 0.000154. The quantitative estimate of drug-likeness (QED) is 0.888. The van der Waals surface area contributed by atoms with Crippen molar-refractivity contribution in [3.05, 3.63) is 60.2 Å². The topological polar surface area (TPSA) is 35.2 Å². The van der Waals surface area contributed by atoms with Gasteiger partial charge in [-0.05, 0) is 29.5 Å². The maximum absolute atomic E-state index is 6.14. The molecule has 1 aliphatic heterocycles. The van der Waals surface area contributed by atoms with Gasteiger partial charge in [0.1, 0.15) is 0 Å². The number of hydrogen-bond acceptors (Lipinski definition) is 2. The summed E-state index contributed by atoms with van der Waals surface area (Å²) >= 11 is 0. The van der Waals surface area contributed by atoms with E-state index in [-0.39, 0.29) is 12.1 Å². The van der Waals surface area contributed by atoms with Crippen molar-refractivity contribution in [2.75, 3.05) is 6.61 Å². The van der Waals surface area contributed by atoms with Crippen LogP contribution >= 0.6 is 0 Å². The van der Waals surface area contributed by atoms with E-state index in [0.29, 0.717) is 0 Å². The Kier molecular flexibility index (Phi) is 3.62. The Morgan fingerprint density at radius 3 is 2.26 bits per heavy atom. The molecule has 0 saturated carbocycles. The second-order valence-corrected chi connectivity index (χ2v) is 5.09. The Labute approximate surface area is 114 Å². The summed E-state index contributed by atoms with van der Waals surface area (Å²) in [6, 6.07) is 19.1. The fourth-order valence-electron chi connectivity index (χ4n) is 2.64. The highest BCUT2D eigenvalue weighted by molar-refractivity contribution is 5.63. The number of hydrogen-bond donors (Lipinski definition) is 1. The molecule has 1 saturated heterocycles. The van der Waals surface area contributed by atoms with Crippen LogP contribution in [0.15, 0.2) is 54.6 Å². The molecule has 3 rings (SSSR count). The largest absolute Gasteiger partial charge is 0.372 e. The fourth-order valence-corrected chi connectivity index (χ4v) is 2.64. The van der Waals surface area contributed by atoms with E-state index >= 15 is 0 Å².